The SMILES string of the molecule is Cc1c2c(cc3c1O/C(=C\c1ccncc1)C3=O)CN(Cc1ccc(F)cc1)CO2. The predicted octanol–water partition coefficient (Wildman–Crippen LogP) is 4.50. The summed E-state index contributed by atoms with van der Waals surface area (Å²) in [6.07, 6.45) is 5.07. The van der Waals surface area contributed by atoms with E-state index in [9.17, 15) is 9.18 Å². The zero-order valence-electron chi connectivity index (χ0n) is 16.4. The maximum absolute atomic E-state index is 13.2. The van der Waals surface area contributed by atoms with Crippen molar-refractivity contribution < 1.29 is 18.7 Å². The van der Waals surface area contributed by atoms with Crippen molar-refractivity contribution >= 4 is 11.9 Å². The predicted molar refractivity (Wildman–Crippen MR) is 109 cm³/mol. The topological polar surface area (TPSA) is 51.7 Å². The fraction of sp³-hybridized carbons (Fsp3) is 0.167. The number of ether oxygens (including phenoxy) is 2. The quantitative estimate of drug-likeness (QED) is 0.604. The van der Waals surface area contributed by atoms with Crippen molar-refractivity contribution in [1.29, 1.82) is 0 Å². The summed E-state index contributed by atoms with van der Waals surface area (Å²) in [6.45, 7) is 3.60. The molecule has 1 aromatic heterocycles. The van der Waals surface area contributed by atoms with E-state index in [1.54, 1.807) is 30.6 Å². The number of benzene rings is 2. The van der Waals surface area contributed by atoms with Gasteiger partial charge in [-0.15, -0.1) is 0 Å². The van der Waals surface area contributed by atoms with Crippen molar-refractivity contribution in [3.63, 3.8) is 0 Å². The van der Waals surface area contributed by atoms with E-state index in [0.29, 0.717) is 36.9 Å². The van der Waals surface area contributed by atoms with Crippen molar-refractivity contribution in [1.82, 2.24) is 9.88 Å². The summed E-state index contributed by atoms with van der Waals surface area (Å²) in [5.41, 5.74) is 4.18. The van der Waals surface area contributed by atoms with Gasteiger partial charge < -0.3 is 9.47 Å². The average Bonchev–Trinajstić information content (AvgIpc) is 3.06. The van der Waals surface area contributed by atoms with Gasteiger partial charge in [0, 0.05) is 36.6 Å². The first-order valence-corrected chi connectivity index (χ1v) is 9.69. The molecule has 3 aromatic rings. The maximum atomic E-state index is 13.2. The van der Waals surface area contributed by atoms with Gasteiger partial charge in [-0.3, -0.25) is 14.7 Å². The van der Waals surface area contributed by atoms with E-state index >= 15 is 0 Å². The van der Waals surface area contributed by atoms with Crippen LogP contribution in [0.15, 0.2) is 60.6 Å². The zero-order valence-corrected chi connectivity index (χ0v) is 16.4. The second-order valence-corrected chi connectivity index (χ2v) is 7.47. The lowest BCUT2D eigenvalue weighted by Crippen LogP contribution is -2.32. The second kappa shape index (κ2) is 7.39. The van der Waals surface area contributed by atoms with Crippen molar-refractivity contribution in [2.75, 3.05) is 6.73 Å². The van der Waals surface area contributed by atoms with Crippen LogP contribution < -0.4 is 9.47 Å². The minimum absolute atomic E-state index is 0.136. The summed E-state index contributed by atoms with van der Waals surface area (Å²) in [7, 11) is 0. The van der Waals surface area contributed by atoms with Crippen LogP contribution >= 0.6 is 0 Å². The summed E-state index contributed by atoms with van der Waals surface area (Å²) in [6, 6.07) is 12.0. The van der Waals surface area contributed by atoms with Crippen LogP contribution in [0.3, 0.4) is 0 Å². The summed E-state index contributed by atoms with van der Waals surface area (Å²) in [5, 5.41) is 0. The standard InChI is InChI=1S/C24H19FN2O3/c1-15-23-18(13-27(14-29-23)12-17-2-4-19(25)5-3-17)11-20-22(28)21(30-24(15)20)10-16-6-8-26-9-7-16/h2-11H,12-14H2,1H3/b21-10-. The van der Waals surface area contributed by atoms with Crippen molar-refractivity contribution in [2.45, 2.75) is 20.0 Å². The highest BCUT2D eigenvalue weighted by molar-refractivity contribution is 6.15. The van der Waals surface area contributed by atoms with Gasteiger partial charge >= 0.3 is 0 Å². The molecule has 2 aromatic carbocycles. The van der Waals surface area contributed by atoms with E-state index in [1.165, 1.54) is 12.1 Å². The zero-order chi connectivity index (χ0) is 20.7. The molecule has 5 rings (SSSR count). The lowest BCUT2D eigenvalue weighted by molar-refractivity contribution is 0.0876. The summed E-state index contributed by atoms with van der Waals surface area (Å²) >= 11 is 0. The lowest BCUT2D eigenvalue weighted by Gasteiger charge is -2.30. The molecular weight excluding hydrogens is 383 g/mol. The highest BCUT2D eigenvalue weighted by atomic mass is 19.1. The van der Waals surface area contributed by atoms with Crippen LogP contribution in [0.1, 0.15) is 32.6 Å². The molecule has 150 valence electrons. The molecule has 0 spiro atoms. The largest absolute Gasteiger partial charge is 0.477 e. The van der Waals surface area contributed by atoms with Crippen LogP contribution in [-0.2, 0) is 13.1 Å². The van der Waals surface area contributed by atoms with Gasteiger partial charge in [0.25, 0.3) is 0 Å². The van der Waals surface area contributed by atoms with Gasteiger partial charge in [0.2, 0.25) is 5.78 Å². The Balaban J connectivity index is 1.42. The van der Waals surface area contributed by atoms with Crippen LogP contribution in [0.25, 0.3) is 6.08 Å². The molecule has 2 aliphatic rings. The molecule has 0 saturated carbocycles. The third-order valence-corrected chi connectivity index (χ3v) is 5.33. The minimum atomic E-state index is -0.251. The first kappa shape index (κ1) is 18.5. The number of halogens is 1. The molecule has 0 N–H and O–H groups in total. The van der Waals surface area contributed by atoms with Crippen molar-refractivity contribution in [3.8, 4) is 11.5 Å². The number of Topliss-reactive ketones (excluding diaryl/α,β-unsaturated/α-hetero) is 1. The molecule has 5 nitrogen and oxygen atoms in total. The van der Waals surface area contributed by atoms with E-state index in [-0.39, 0.29) is 11.6 Å². The summed E-state index contributed by atoms with van der Waals surface area (Å²) < 4.78 is 25.1. The highest BCUT2D eigenvalue weighted by Gasteiger charge is 2.33. The Morgan fingerprint density at radius 1 is 1.13 bits per heavy atom. The molecule has 0 saturated heterocycles. The Hall–Kier alpha value is -3.51. The molecule has 0 aliphatic carbocycles. The van der Waals surface area contributed by atoms with Crippen LogP contribution in [0.2, 0.25) is 0 Å². The maximum Gasteiger partial charge on any atom is 0.231 e. The van der Waals surface area contributed by atoms with Crippen LogP contribution in [0.5, 0.6) is 11.5 Å². The average molecular weight is 402 g/mol. The number of ketones is 1. The Morgan fingerprint density at radius 3 is 2.67 bits per heavy atom. The first-order valence-electron chi connectivity index (χ1n) is 9.69. The number of carbonyl (C=O) groups excluding carboxylic acids is 1. The van der Waals surface area contributed by atoms with Gasteiger partial charge in [0.05, 0.1) is 5.56 Å². The van der Waals surface area contributed by atoms with Gasteiger partial charge in [0.15, 0.2) is 5.76 Å². The monoisotopic (exact) mass is 402 g/mol. The smallest absolute Gasteiger partial charge is 0.231 e. The van der Waals surface area contributed by atoms with E-state index < -0.39 is 0 Å². The van der Waals surface area contributed by atoms with Crippen LogP contribution in [0.4, 0.5) is 4.39 Å². The third-order valence-electron chi connectivity index (χ3n) is 5.33. The molecule has 3 heterocycles. The Morgan fingerprint density at radius 2 is 1.90 bits per heavy atom. The molecule has 30 heavy (non-hydrogen) atoms. The Kier molecular flexibility index (Phi) is 4.56. The summed E-state index contributed by atoms with van der Waals surface area (Å²) in [4.78, 5) is 19.0. The van der Waals surface area contributed by atoms with Gasteiger partial charge in [0.1, 0.15) is 24.0 Å². The molecular formula is C24H19FN2O3. The second-order valence-electron chi connectivity index (χ2n) is 7.47. The molecule has 2 aliphatic heterocycles. The third kappa shape index (κ3) is 3.35. The number of nitrogens with zero attached hydrogens (tertiary/aromatic N) is 2. The highest BCUT2D eigenvalue weighted by Crippen LogP contribution is 2.43. The van der Waals surface area contributed by atoms with E-state index in [4.69, 9.17) is 9.47 Å². The van der Waals surface area contributed by atoms with E-state index in [0.717, 1.165) is 28.0 Å². The first-order chi connectivity index (χ1) is 14.6. The van der Waals surface area contributed by atoms with Gasteiger partial charge in [-0.1, -0.05) is 12.1 Å². The van der Waals surface area contributed by atoms with Crippen LogP contribution in [-0.4, -0.2) is 22.4 Å². The van der Waals surface area contributed by atoms with Gasteiger partial charge in [-0.05, 0) is 54.5 Å². The molecule has 0 bridgehead atoms. The number of allylic oxidation sites excluding steroid dienone is 1. The molecule has 0 amide bonds. The van der Waals surface area contributed by atoms with E-state index in [2.05, 4.69) is 9.88 Å². The molecule has 0 atom stereocenters. The normalized spacial score (nSPS) is 16.7. The lowest BCUT2D eigenvalue weighted by atomic mass is 10.00. The van der Waals surface area contributed by atoms with Crippen molar-refractivity contribution in [2.24, 2.45) is 0 Å². The summed E-state index contributed by atoms with van der Waals surface area (Å²) in [5.74, 6) is 1.24. The number of fused-ring (bicyclic) bond motifs is 2. The van der Waals surface area contributed by atoms with Crippen LogP contribution in [0, 0.1) is 12.7 Å². The fourth-order valence-corrected chi connectivity index (χ4v) is 3.86. The Labute approximate surface area is 173 Å². The minimum Gasteiger partial charge on any atom is -0.477 e. The number of carbonyl (C=O) groups is 1. The molecule has 0 radical (unpaired) electrons. The van der Waals surface area contributed by atoms with Crippen molar-refractivity contribution in [3.05, 3.63) is 94.3 Å². The number of hydrogen-bond donors (Lipinski definition) is 0. The number of pyridine rings is 1. The molecule has 0 fully saturated rings. The van der Waals surface area contributed by atoms with Gasteiger partial charge in [-0.25, -0.2) is 4.39 Å². The number of rotatable bonds is 3. The molecule has 0 unspecified atom stereocenters. The number of hydrogen-bond acceptors (Lipinski definition) is 5. The van der Waals surface area contributed by atoms with Gasteiger partial charge in [-0.2, -0.15) is 0 Å². The number of aromatic nitrogens is 1. The molecule has 6 heteroatoms. The Bertz CT molecular complexity index is 1160. The van der Waals surface area contributed by atoms with E-state index in [1.807, 2.05) is 25.1 Å². The fourth-order valence-electron chi connectivity index (χ4n) is 3.86.